The molecular formula is C10H7ClN4O3S. The van der Waals surface area contributed by atoms with Crippen molar-refractivity contribution in [3.8, 4) is 0 Å². The number of carbonyl (C=O) groups is 1. The Balaban J connectivity index is 2.29. The molecule has 7 nitrogen and oxygen atoms in total. The minimum Gasteiger partial charge on any atom is -0.296 e. The highest BCUT2D eigenvalue weighted by molar-refractivity contribution is 7.15. The Kier molecular flexibility index (Phi) is 3.72. The summed E-state index contributed by atoms with van der Waals surface area (Å²) < 4.78 is 0. The van der Waals surface area contributed by atoms with Gasteiger partial charge in [0.1, 0.15) is 10.0 Å². The minimum absolute atomic E-state index is 0.0173. The Labute approximate surface area is 116 Å². The standard InChI is InChI=1S/C10H7ClN4O3S/c1-5-13-14-10(19-5)12-9(16)6-3-2-4-7(8(6)11)15(17)18/h2-4H,1H3,(H,12,14,16). The van der Waals surface area contributed by atoms with Crippen LogP contribution in [0.15, 0.2) is 18.2 Å². The second kappa shape index (κ2) is 5.29. The van der Waals surface area contributed by atoms with Crippen LogP contribution in [0.2, 0.25) is 5.02 Å². The Morgan fingerprint density at radius 1 is 1.47 bits per heavy atom. The number of anilines is 1. The van der Waals surface area contributed by atoms with Gasteiger partial charge in [0.2, 0.25) is 5.13 Å². The van der Waals surface area contributed by atoms with Gasteiger partial charge in [0.15, 0.2) is 0 Å². The van der Waals surface area contributed by atoms with Crippen LogP contribution in [0.3, 0.4) is 0 Å². The molecule has 0 fully saturated rings. The number of nitro groups is 1. The highest BCUT2D eigenvalue weighted by Gasteiger charge is 2.20. The molecule has 2 aromatic rings. The third-order valence-corrected chi connectivity index (χ3v) is 3.32. The van der Waals surface area contributed by atoms with Crippen LogP contribution in [0, 0.1) is 17.0 Å². The Hall–Kier alpha value is -2.06. The average molecular weight is 299 g/mol. The van der Waals surface area contributed by atoms with E-state index in [0.29, 0.717) is 10.1 Å². The van der Waals surface area contributed by atoms with Crippen molar-refractivity contribution in [1.29, 1.82) is 0 Å². The highest BCUT2D eigenvalue weighted by Crippen LogP contribution is 2.28. The van der Waals surface area contributed by atoms with Crippen molar-refractivity contribution in [3.63, 3.8) is 0 Å². The molecular weight excluding hydrogens is 292 g/mol. The van der Waals surface area contributed by atoms with Gasteiger partial charge in [-0.1, -0.05) is 29.0 Å². The monoisotopic (exact) mass is 298 g/mol. The molecule has 1 amide bonds. The Morgan fingerprint density at radius 2 is 2.21 bits per heavy atom. The first-order valence-electron chi connectivity index (χ1n) is 5.03. The molecule has 0 bridgehead atoms. The van der Waals surface area contributed by atoms with Crippen LogP contribution in [0.1, 0.15) is 15.4 Å². The quantitative estimate of drug-likeness (QED) is 0.694. The summed E-state index contributed by atoms with van der Waals surface area (Å²) in [5, 5.41) is 21.5. The predicted molar refractivity (Wildman–Crippen MR) is 70.7 cm³/mol. The number of nitrogens with one attached hydrogen (secondary N) is 1. The topological polar surface area (TPSA) is 98.0 Å². The largest absolute Gasteiger partial charge is 0.296 e. The van der Waals surface area contributed by atoms with E-state index >= 15 is 0 Å². The number of rotatable bonds is 3. The molecule has 19 heavy (non-hydrogen) atoms. The molecule has 0 radical (unpaired) electrons. The summed E-state index contributed by atoms with van der Waals surface area (Å²) in [4.78, 5) is 22.0. The van der Waals surface area contributed by atoms with Crippen molar-refractivity contribution >= 4 is 39.7 Å². The number of carbonyl (C=O) groups excluding carboxylic acids is 1. The van der Waals surface area contributed by atoms with Crippen molar-refractivity contribution in [1.82, 2.24) is 10.2 Å². The first-order valence-corrected chi connectivity index (χ1v) is 6.23. The fourth-order valence-corrected chi connectivity index (χ4v) is 2.22. The molecule has 0 saturated heterocycles. The zero-order valence-corrected chi connectivity index (χ0v) is 11.2. The molecule has 9 heteroatoms. The van der Waals surface area contributed by atoms with Gasteiger partial charge in [0.25, 0.3) is 11.6 Å². The zero-order chi connectivity index (χ0) is 14.0. The Morgan fingerprint density at radius 3 is 2.79 bits per heavy atom. The molecule has 0 aliphatic heterocycles. The molecule has 0 aliphatic rings. The third kappa shape index (κ3) is 2.85. The molecule has 0 saturated carbocycles. The van der Waals surface area contributed by atoms with E-state index in [1.807, 2.05) is 0 Å². The maximum Gasteiger partial charge on any atom is 0.288 e. The highest BCUT2D eigenvalue weighted by atomic mass is 35.5. The van der Waals surface area contributed by atoms with Crippen molar-refractivity contribution in [2.75, 3.05) is 5.32 Å². The van der Waals surface area contributed by atoms with Gasteiger partial charge in [-0.25, -0.2) is 0 Å². The zero-order valence-electron chi connectivity index (χ0n) is 9.58. The van der Waals surface area contributed by atoms with Gasteiger partial charge >= 0.3 is 0 Å². The molecule has 0 aliphatic carbocycles. The van der Waals surface area contributed by atoms with Crippen LogP contribution in [0.5, 0.6) is 0 Å². The van der Waals surface area contributed by atoms with Gasteiger partial charge in [0.05, 0.1) is 10.5 Å². The van der Waals surface area contributed by atoms with Crippen molar-refractivity contribution in [2.45, 2.75) is 6.92 Å². The average Bonchev–Trinajstić information content (AvgIpc) is 2.74. The van der Waals surface area contributed by atoms with Gasteiger partial charge in [-0.2, -0.15) is 0 Å². The van der Waals surface area contributed by atoms with E-state index < -0.39 is 10.8 Å². The summed E-state index contributed by atoms with van der Waals surface area (Å²) in [6, 6.07) is 4.02. The summed E-state index contributed by atoms with van der Waals surface area (Å²) >= 11 is 7.03. The van der Waals surface area contributed by atoms with Gasteiger partial charge in [-0.15, -0.1) is 10.2 Å². The van der Waals surface area contributed by atoms with Crippen LogP contribution in [-0.4, -0.2) is 21.0 Å². The number of nitro benzene ring substituents is 1. The van der Waals surface area contributed by atoms with Gasteiger partial charge < -0.3 is 0 Å². The number of halogens is 1. The lowest BCUT2D eigenvalue weighted by Crippen LogP contribution is -2.12. The summed E-state index contributed by atoms with van der Waals surface area (Å²) in [5.41, 5.74) is -0.300. The van der Waals surface area contributed by atoms with E-state index in [2.05, 4.69) is 15.5 Å². The van der Waals surface area contributed by atoms with Gasteiger partial charge in [-0.05, 0) is 13.0 Å². The van der Waals surface area contributed by atoms with Crippen LogP contribution in [-0.2, 0) is 0 Å². The summed E-state index contributed by atoms with van der Waals surface area (Å²) in [6.07, 6.45) is 0. The molecule has 1 heterocycles. The predicted octanol–water partition coefficient (Wildman–Crippen LogP) is 2.66. The lowest BCUT2D eigenvalue weighted by atomic mass is 10.2. The lowest BCUT2D eigenvalue weighted by Gasteiger charge is -2.03. The number of benzene rings is 1. The molecule has 2 rings (SSSR count). The smallest absolute Gasteiger partial charge is 0.288 e. The number of aromatic nitrogens is 2. The molecule has 0 spiro atoms. The third-order valence-electron chi connectivity index (χ3n) is 2.17. The normalized spacial score (nSPS) is 10.2. The van der Waals surface area contributed by atoms with Gasteiger partial charge in [0, 0.05) is 6.07 Å². The Bertz CT molecular complexity index is 658. The van der Waals surface area contributed by atoms with E-state index in [9.17, 15) is 14.9 Å². The second-order valence-electron chi connectivity index (χ2n) is 3.48. The lowest BCUT2D eigenvalue weighted by molar-refractivity contribution is -0.384. The molecule has 98 valence electrons. The van der Waals surface area contributed by atoms with Crippen LogP contribution in [0.4, 0.5) is 10.8 Å². The number of nitrogens with zero attached hydrogens (tertiary/aromatic N) is 3. The molecule has 1 aromatic heterocycles. The molecule has 0 atom stereocenters. The van der Waals surface area contributed by atoms with Crippen LogP contribution < -0.4 is 5.32 Å². The maximum absolute atomic E-state index is 11.9. The van der Waals surface area contributed by atoms with Crippen molar-refractivity contribution in [3.05, 3.63) is 43.9 Å². The summed E-state index contributed by atoms with van der Waals surface area (Å²) in [5.74, 6) is -0.565. The van der Waals surface area contributed by atoms with E-state index in [0.717, 1.165) is 0 Å². The van der Waals surface area contributed by atoms with E-state index in [1.54, 1.807) is 6.92 Å². The molecule has 0 unspecified atom stereocenters. The van der Waals surface area contributed by atoms with E-state index in [4.69, 9.17) is 11.6 Å². The first-order chi connectivity index (χ1) is 8.99. The fourth-order valence-electron chi connectivity index (χ4n) is 1.35. The van der Waals surface area contributed by atoms with Gasteiger partial charge in [-0.3, -0.25) is 20.2 Å². The van der Waals surface area contributed by atoms with Crippen LogP contribution in [0.25, 0.3) is 0 Å². The fraction of sp³-hybridized carbons (Fsp3) is 0.100. The summed E-state index contributed by atoms with van der Waals surface area (Å²) in [6.45, 7) is 1.74. The van der Waals surface area contributed by atoms with E-state index in [-0.39, 0.29) is 16.3 Å². The SMILES string of the molecule is Cc1nnc(NC(=O)c2cccc([N+](=O)[O-])c2Cl)s1. The minimum atomic E-state index is -0.645. The van der Waals surface area contributed by atoms with Crippen LogP contribution >= 0.6 is 22.9 Å². The summed E-state index contributed by atoms with van der Waals surface area (Å²) in [7, 11) is 0. The number of hydrogen-bond donors (Lipinski definition) is 1. The number of amides is 1. The molecule has 1 aromatic carbocycles. The van der Waals surface area contributed by atoms with Crippen molar-refractivity contribution < 1.29 is 9.72 Å². The number of hydrogen-bond acceptors (Lipinski definition) is 6. The second-order valence-corrected chi connectivity index (χ2v) is 5.04. The first kappa shape index (κ1) is 13.4. The van der Waals surface area contributed by atoms with E-state index in [1.165, 1.54) is 29.5 Å². The van der Waals surface area contributed by atoms with Crippen molar-refractivity contribution in [2.24, 2.45) is 0 Å². The molecule has 1 N–H and O–H groups in total. The maximum atomic E-state index is 11.9. The number of aryl methyl sites for hydroxylation is 1.